The minimum Gasteiger partial charge on any atom is -0.396 e. The number of aliphatic hydroxyl groups is 1. The highest BCUT2D eigenvalue weighted by Crippen LogP contribution is 2.13. The molecule has 98 valence electrons. The van der Waals surface area contributed by atoms with E-state index in [1.54, 1.807) is 6.33 Å². The van der Waals surface area contributed by atoms with Crippen LogP contribution >= 0.6 is 0 Å². The molecule has 0 atom stereocenters. The molecule has 0 saturated carbocycles. The molecule has 0 radical (unpaired) electrons. The van der Waals surface area contributed by atoms with Crippen molar-refractivity contribution in [2.45, 2.75) is 20.3 Å². The van der Waals surface area contributed by atoms with E-state index < -0.39 is 0 Å². The molecule has 1 heterocycles. The van der Waals surface area contributed by atoms with Gasteiger partial charge in [-0.15, -0.1) is 0 Å². The molecule has 0 amide bonds. The van der Waals surface area contributed by atoms with Crippen LogP contribution in [0.5, 0.6) is 0 Å². The Labute approximate surface area is 107 Å². The van der Waals surface area contributed by atoms with E-state index >= 15 is 0 Å². The van der Waals surface area contributed by atoms with Crippen molar-refractivity contribution in [2.24, 2.45) is 5.41 Å². The fraction of sp³-hybridized carbons (Fsp3) is 0.500. The summed E-state index contributed by atoms with van der Waals surface area (Å²) in [7, 11) is 0. The summed E-state index contributed by atoms with van der Waals surface area (Å²) in [4.78, 5) is 7.32. The predicted octanol–water partition coefficient (Wildman–Crippen LogP) is 1.71. The van der Waals surface area contributed by atoms with Gasteiger partial charge in [0.25, 0.3) is 0 Å². The normalized spacial score (nSPS) is 12.2. The maximum absolute atomic E-state index is 9.15. The maximum Gasteiger partial charge on any atom is 0.0931 e. The lowest BCUT2D eigenvalue weighted by atomic mass is 9.95. The Bertz CT molecular complexity index is 504. The van der Waals surface area contributed by atoms with Crippen molar-refractivity contribution in [3.8, 4) is 0 Å². The molecule has 0 unspecified atom stereocenters. The zero-order chi connectivity index (χ0) is 13.0. The van der Waals surface area contributed by atoms with Gasteiger partial charge in [-0.2, -0.15) is 0 Å². The molecule has 0 spiro atoms. The Morgan fingerprint density at radius 3 is 3.00 bits per heavy atom. The lowest BCUT2D eigenvalue weighted by Crippen LogP contribution is -2.33. The zero-order valence-corrected chi connectivity index (χ0v) is 11.0. The van der Waals surface area contributed by atoms with E-state index in [4.69, 9.17) is 5.11 Å². The number of fused-ring (bicyclic) bond motifs is 1. The number of hydrogen-bond acceptors (Lipinski definition) is 3. The molecule has 0 fully saturated rings. The second-order valence-electron chi connectivity index (χ2n) is 5.50. The topological polar surface area (TPSA) is 60.9 Å². The number of imidazole rings is 1. The number of aromatic amines is 1. The minimum absolute atomic E-state index is 0.0483. The Morgan fingerprint density at radius 1 is 1.39 bits per heavy atom. The molecular weight excluding hydrogens is 226 g/mol. The lowest BCUT2D eigenvalue weighted by Gasteiger charge is -2.21. The Hall–Kier alpha value is -1.39. The fourth-order valence-electron chi connectivity index (χ4n) is 1.85. The summed E-state index contributed by atoms with van der Waals surface area (Å²) in [5, 5.41) is 12.5. The number of aliphatic hydroxyl groups excluding tert-OH is 1. The van der Waals surface area contributed by atoms with Crippen molar-refractivity contribution in [1.29, 1.82) is 0 Å². The molecule has 4 heteroatoms. The van der Waals surface area contributed by atoms with Gasteiger partial charge < -0.3 is 15.4 Å². The average Bonchev–Trinajstić information content (AvgIpc) is 2.82. The summed E-state index contributed by atoms with van der Waals surface area (Å²) in [5.74, 6) is 0. The van der Waals surface area contributed by atoms with Crippen LogP contribution in [-0.2, 0) is 6.42 Å². The summed E-state index contributed by atoms with van der Waals surface area (Å²) in [6.45, 7) is 6.06. The smallest absolute Gasteiger partial charge is 0.0931 e. The summed E-state index contributed by atoms with van der Waals surface area (Å²) >= 11 is 0. The van der Waals surface area contributed by atoms with E-state index in [0.717, 1.165) is 30.5 Å². The van der Waals surface area contributed by atoms with E-state index in [9.17, 15) is 0 Å². The number of nitrogens with zero attached hydrogens (tertiary/aromatic N) is 1. The van der Waals surface area contributed by atoms with E-state index in [1.807, 2.05) is 6.07 Å². The van der Waals surface area contributed by atoms with Gasteiger partial charge in [-0.05, 0) is 30.7 Å². The molecule has 0 aliphatic heterocycles. The summed E-state index contributed by atoms with van der Waals surface area (Å²) in [6.07, 6.45) is 2.70. The van der Waals surface area contributed by atoms with Gasteiger partial charge in [-0.3, -0.25) is 0 Å². The molecule has 0 bridgehead atoms. The number of hydrogen-bond donors (Lipinski definition) is 3. The van der Waals surface area contributed by atoms with Crippen molar-refractivity contribution < 1.29 is 5.11 Å². The first-order valence-corrected chi connectivity index (χ1v) is 6.34. The third kappa shape index (κ3) is 3.31. The Balaban J connectivity index is 1.83. The van der Waals surface area contributed by atoms with Crippen LogP contribution in [0, 0.1) is 5.41 Å². The van der Waals surface area contributed by atoms with Gasteiger partial charge in [0.05, 0.1) is 17.4 Å². The molecule has 0 saturated heterocycles. The second kappa shape index (κ2) is 5.50. The number of benzene rings is 1. The zero-order valence-electron chi connectivity index (χ0n) is 11.0. The largest absolute Gasteiger partial charge is 0.396 e. The number of rotatable bonds is 6. The maximum atomic E-state index is 9.15. The van der Waals surface area contributed by atoms with Gasteiger partial charge in [-0.25, -0.2) is 4.98 Å². The summed E-state index contributed by atoms with van der Waals surface area (Å²) in [6, 6.07) is 6.29. The van der Waals surface area contributed by atoms with Gasteiger partial charge in [-0.1, -0.05) is 19.9 Å². The number of H-pyrrole nitrogens is 1. The van der Waals surface area contributed by atoms with Crippen molar-refractivity contribution >= 4 is 11.0 Å². The van der Waals surface area contributed by atoms with Crippen LogP contribution in [0.2, 0.25) is 0 Å². The van der Waals surface area contributed by atoms with E-state index in [1.165, 1.54) is 5.56 Å². The van der Waals surface area contributed by atoms with Crippen molar-refractivity contribution in [3.63, 3.8) is 0 Å². The molecule has 4 nitrogen and oxygen atoms in total. The molecular formula is C14H21N3O. The van der Waals surface area contributed by atoms with Gasteiger partial charge in [0.2, 0.25) is 0 Å². The highest BCUT2D eigenvalue weighted by Gasteiger charge is 2.15. The molecule has 0 aliphatic rings. The number of nitrogens with one attached hydrogen (secondary N) is 2. The van der Waals surface area contributed by atoms with Crippen molar-refractivity contribution in [3.05, 3.63) is 30.1 Å². The van der Waals surface area contributed by atoms with Gasteiger partial charge >= 0.3 is 0 Å². The number of aromatic nitrogens is 2. The standard InChI is InChI=1S/C14H21N3O/c1-14(2,9-18)8-15-6-5-11-3-4-12-13(7-11)17-10-16-12/h3-4,7,10,15,18H,5-6,8-9H2,1-2H3,(H,16,17). The predicted molar refractivity (Wildman–Crippen MR) is 73.5 cm³/mol. The van der Waals surface area contributed by atoms with Crippen LogP contribution in [0.15, 0.2) is 24.5 Å². The van der Waals surface area contributed by atoms with E-state index in [-0.39, 0.29) is 12.0 Å². The van der Waals surface area contributed by atoms with Crippen molar-refractivity contribution in [1.82, 2.24) is 15.3 Å². The van der Waals surface area contributed by atoms with Crippen LogP contribution in [0.3, 0.4) is 0 Å². The molecule has 1 aromatic heterocycles. The molecule has 2 rings (SSSR count). The molecule has 18 heavy (non-hydrogen) atoms. The third-order valence-corrected chi connectivity index (χ3v) is 3.11. The molecule has 1 aromatic carbocycles. The Morgan fingerprint density at radius 2 is 2.22 bits per heavy atom. The summed E-state index contributed by atoms with van der Waals surface area (Å²) < 4.78 is 0. The van der Waals surface area contributed by atoms with Crippen LogP contribution in [-0.4, -0.2) is 34.8 Å². The first-order valence-electron chi connectivity index (χ1n) is 6.34. The first kappa shape index (κ1) is 13.1. The summed E-state index contributed by atoms with van der Waals surface area (Å²) in [5.41, 5.74) is 3.34. The van der Waals surface area contributed by atoms with E-state index in [2.05, 4.69) is 41.3 Å². The average molecular weight is 247 g/mol. The van der Waals surface area contributed by atoms with Gasteiger partial charge in [0.1, 0.15) is 0 Å². The SMILES string of the molecule is CC(C)(CO)CNCCc1ccc2nc[nH]c2c1. The van der Waals surface area contributed by atoms with Crippen LogP contribution in [0.1, 0.15) is 19.4 Å². The third-order valence-electron chi connectivity index (χ3n) is 3.11. The first-order chi connectivity index (χ1) is 8.61. The molecule has 2 aromatic rings. The van der Waals surface area contributed by atoms with Crippen LogP contribution in [0.4, 0.5) is 0 Å². The van der Waals surface area contributed by atoms with Crippen LogP contribution < -0.4 is 5.32 Å². The highest BCUT2D eigenvalue weighted by molar-refractivity contribution is 5.75. The van der Waals surface area contributed by atoms with Crippen molar-refractivity contribution in [2.75, 3.05) is 19.7 Å². The lowest BCUT2D eigenvalue weighted by molar-refractivity contribution is 0.157. The van der Waals surface area contributed by atoms with Gasteiger partial charge in [0.15, 0.2) is 0 Å². The highest BCUT2D eigenvalue weighted by atomic mass is 16.3. The Kier molecular flexibility index (Phi) is 3.99. The van der Waals surface area contributed by atoms with E-state index in [0.29, 0.717) is 0 Å². The van der Waals surface area contributed by atoms with Crippen LogP contribution in [0.25, 0.3) is 11.0 Å². The molecule has 3 N–H and O–H groups in total. The molecule has 0 aliphatic carbocycles. The monoisotopic (exact) mass is 247 g/mol. The minimum atomic E-state index is -0.0483. The second-order valence-corrected chi connectivity index (χ2v) is 5.50. The van der Waals surface area contributed by atoms with Gasteiger partial charge in [0, 0.05) is 18.6 Å². The quantitative estimate of drug-likeness (QED) is 0.681. The fourth-order valence-corrected chi connectivity index (χ4v) is 1.85.